The molecule has 144 valence electrons. The van der Waals surface area contributed by atoms with E-state index in [-0.39, 0.29) is 23.4 Å². The Hall–Kier alpha value is -1.12. The van der Waals surface area contributed by atoms with E-state index in [1.165, 1.54) is 5.57 Å². The van der Waals surface area contributed by atoms with Crippen LogP contribution in [-0.4, -0.2) is 37.8 Å². The number of epoxide rings is 1. The Morgan fingerprint density at radius 2 is 2.00 bits per heavy atom. The van der Waals surface area contributed by atoms with Gasteiger partial charge in [0, 0.05) is 5.57 Å². The molecule has 1 fully saturated rings. The predicted molar refractivity (Wildman–Crippen MR) is 110 cm³/mol. The van der Waals surface area contributed by atoms with Gasteiger partial charge in [-0.15, -0.1) is 0 Å². The van der Waals surface area contributed by atoms with Crippen LogP contribution >= 0.6 is 0 Å². The van der Waals surface area contributed by atoms with Crippen LogP contribution in [0.5, 0.6) is 0 Å². The van der Waals surface area contributed by atoms with Gasteiger partial charge >= 0.3 is 0 Å². The Labute approximate surface area is 160 Å². The average Bonchev–Trinajstić information content (AvgIpc) is 3.28. The number of allylic oxidation sites excluding steroid dienone is 3. The van der Waals surface area contributed by atoms with Crippen LogP contribution in [0, 0.1) is 11.8 Å². The van der Waals surface area contributed by atoms with Gasteiger partial charge in [0.1, 0.15) is 18.3 Å². The highest BCUT2D eigenvalue weighted by atomic mass is 28.4. The molecule has 0 aromatic carbocycles. The van der Waals surface area contributed by atoms with Gasteiger partial charge in [0.05, 0.1) is 6.10 Å². The fraction of sp³-hybridized carbons (Fsp3) is 0.636. The summed E-state index contributed by atoms with van der Waals surface area (Å²) in [6, 6.07) is 0. The molecule has 0 saturated carbocycles. The van der Waals surface area contributed by atoms with E-state index in [4.69, 9.17) is 9.16 Å². The zero-order valence-electron chi connectivity index (χ0n) is 17.3. The minimum absolute atomic E-state index is 0.0365. The number of hydrogen-bond donors (Lipinski definition) is 1. The summed E-state index contributed by atoms with van der Waals surface area (Å²) in [6.07, 6.45) is 4.95. The number of fused-ring (bicyclic) bond motifs is 1. The van der Waals surface area contributed by atoms with E-state index in [1.807, 2.05) is 6.08 Å². The largest absolute Gasteiger partial charge is 0.408 e. The van der Waals surface area contributed by atoms with Gasteiger partial charge in [-0.2, -0.15) is 0 Å². The Morgan fingerprint density at radius 3 is 2.58 bits per heavy atom. The first-order valence-corrected chi connectivity index (χ1v) is 12.4. The molecule has 0 aromatic rings. The maximum absolute atomic E-state index is 10.4. The lowest BCUT2D eigenvalue weighted by Crippen LogP contribution is -2.46. The molecule has 1 N–H and O–H groups in total. The van der Waals surface area contributed by atoms with Crippen LogP contribution in [0.4, 0.5) is 0 Å². The van der Waals surface area contributed by atoms with Crippen LogP contribution in [-0.2, 0) is 9.16 Å². The molecule has 26 heavy (non-hydrogen) atoms. The second kappa shape index (κ2) is 7.86. The van der Waals surface area contributed by atoms with Gasteiger partial charge in [-0.25, -0.2) is 0 Å². The molecule has 0 radical (unpaired) electrons. The van der Waals surface area contributed by atoms with Crippen molar-refractivity contribution in [2.75, 3.05) is 0 Å². The van der Waals surface area contributed by atoms with E-state index in [0.717, 1.165) is 18.4 Å². The van der Waals surface area contributed by atoms with Crippen LogP contribution in [0.3, 0.4) is 0 Å². The van der Waals surface area contributed by atoms with E-state index in [0.29, 0.717) is 5.57 Å². The monoisotopic (exact) mass is 374 g/mol. The van der Waals surface area contributed by atoms with Gasteiger partial charge in [0.25, 0.3) is 0 Å². The summed E-state index contributed by atoms with van der Waals surface area (Å²) in [5, 5.41) is 10.6. The van der Waals surface area contributed by atoms with E-state index in [1.54, 1.807) is 0 Å². The second-order valence-corrected chi connectivity index (χ2v) is 13.9. The highest BCUT2D eigenvalue weighted by Gasteiger charge is 2.55. The van der Waals surface area contributed by atoms with Gasteiger partial charge in [-0.1, -0.05) is 50.8 Å². The molecule has 0 aromatic heterocycles. The maximum atomic E-state index is 10.4. The first kappa shape index (κ1) is 21.2. The second-order valence-electron chi connectivity index (χ2n) is 9.15. The first-order chi connectivity index (χ1) is 11.9. The third-order valence-corrected chi connectivity index (χ3v) is 9.95. The maximum Gasteiger partial charge on any atom is 0.193 e. The van der Waals surface area contributed by atoms with Crippen molar-refractivity contribution >= 4 is 8.32 Å². The van der Waals surface area contributed by atoms with Gasteiger partial charge in [-0.05, 0) is 56.5 Å². The molecule has 1 aliphatic heterocycles. The molecule has 3 nitrogen and oxygen atoms in total. The molecule has 0 spiro atoms. The molecule has 1 saturated heterocycles. The van der Waals surface area contributed by atoms with Crippen molar-refractivity contribution < 1.29 is 14.3 Å². The minimum atomic E-state index is -1.91. The molecule has 4 heteroatoms. The molecule has 1 heterocycles. The lowest BCUT2D eigenvalue weighted by molar-refractivity contribution is 0.169. The normalized spacial score (nSPS) is 27.6. The summed E-state index contributed by atoms with van der Waals surface area (Å²) in [7, 11) is -1.91. The van der Waals surface area contributed by atoms with Crippen LogP contribution < -0.4 is 0 Å². The van der Waals surface area contributed by atoms with Crippen LogP contribution in [0.2, 0.25) is 18.1 Å². The third-order valence-electron chi connectivity index (χ3n) is 5.48. The number of aliphatic hydroxyl groups is 1. The summed E-state index contributed by atoms with van der Waals surface area (Å²) in [5.41, 5.74) is 2.89. The molecule has 2 aliphatic rings. The van der Waals surface area contributed by atoms with Crippen molar-refractivity contribution in [3.05, 3.63) is 35.5 Å². The summed E-state index contributed by atoms with van der Waals surface area (Å²) < 4.78 is 12.2. The fourth-order valence-corrected chi connectivity index (χ4v) is 3.93. The van der Waals surface area contributed by atoms with Crippen molar-refractivity contribution in [1.29, 1.82) is 0 Å². The number of hydrogen-bond acceptors (Lipinski definition) is 3. The standard InChI is InChI=1S/C22H34O3Si/c1-15(2)10-9-11-16(3)12-13-17-14-18(20-21(24-20)19(17)23)25-26(7,8)22(4,5)6/h10,14,18-21,23H,3,9,11H2,1-2,4-8H3/t18-,19?,20+,21-/m1/s1. The molecular formula is C22H34O3Si. The minimum Gasteiger partial charge on any atom is -0.408 e. The topological polar surface area (TPSA) is 42.0 Å². The third kappa shape index (κ3) is 5.20. The van der Waals surface area contributed by atoms with Crippen molar-refractivity contribution in [2.45, 2.75) is 90.0 Å². The van der Waals surface area contributed by atoms with E-state index in [2.05, 4.69) is 72.2 Å². The smallest absolute Gasteiger partial charge is 0.193 e. The molecular weight excluding hydrogens is 340 g/mol. The Balaban J connectivity index is 2.09. The van der Waals surface area contributed by atoms with Crippen molar-refractivity contribution in [1.82, 2.24) is 0 Å². The van der Waals surface area contributed by atoms with E-state index >= 15 is 0 Å². The zero-order valence-corrected chi connectivity index (χ0v) is 18.3. The molecule has 1 aliphatic carbocycles. The highest BCUT2D eigenvalue weighted by molar-refractivity contribution is 6.74. The van der Waals surface area contributed by atoms with Gasteiger partial charge < -0.3 is 14.3 Å². The lowest BCUT2D eigenvalue weighted by atomic mass is 9.94. The quantitative estimate of drug-likeness (QED) is 0.327. The number of ether oxygens (including phenoxy) is 1. The molecule has 2 rings (SSSR count). The summed E-state index contributed by atoms with van der Waals surface area (Å²) in [6.45, 7) is 19.4. The molecule has 1 unspecified atom stereocenters. The van der Waals surface area contributed by atoms with Gasteiger partial charge in [0.15, 0.2) is 8.32 Å². The molecule has 4 atom stereocenters. The van der Waals surface area contributed by atoms with Crippen molar-refractivity contribution in [3.63, 3.8) is 0 Å². The molecule has 0 amide bonds. The summed E-state index contributed by atoms with van der Waals surface area (Å²) >= 11 is 0. The van der Waals surface area contributed by atoms with Crippen LogP contribution in [0.15, 0.2) is 35.5 Å². The van der Waals surface area contributed by atoms with Crippen LogP contribution in [0.1, 0.15) is 47.5 Å². The van der Waals surface area contributed by atoms with Crippen molar-refractivity contribution in [2.24, 2.45) is 0 Å². The van der Waals surface area contributed by atoms with Crippen molar-refractivity contribution in [3.8, 4) is 11.8 Å². The summed E-state index contributed by atoms with van der Waals surface area (Å²) in [4.78, 5) is 0. The Morgan fingerprint density at radius 1 is 1.35 bits per heavy atom. The zero-order chi connectivity index (χ0) is 19.7. The number of rotatable bonds is 5. The first-order valence-electron chi connectivity index (χ1n) is 9.48. The Bertz CT molecular complexity index is 666. The molecule has 0 bridgehead atoms. The Kier molecular flexibility index (Phi) is 6.40. The highest BCUT2D eigenvalue weighted by Crippen LogP contribution is 2.43. The van der Waals surface area contributed by atoms with Crippen LogP contribution in [0.25, 0.3) is 0 Å². The average molecular weight is 375 g/mol. The van der Waals surface area contributed by atoms with E-state index in [9.17, 15) is 5.11 Å². The lowest BCUT2D eigenvalue weighted by Gasteiger charge is -2.39. The van der Waals surface area contributed by atoms with E-state index < -0.39 is 14.4 Å². The summed E-state index contributed by atoms with van der Waals surface area (Å²) in [5.74, 6) is 6.22. The number of aliphatic hydroxyl groups excluding tert-OH is 1. The van der Waals surface area contributed by atoms with Gasteiger partial charge in [-0.3, -0.25) is 0 Å². The predicted octanol–water partition coefficient (Wildman–Crippen LogP) is 4.75. The SMILES string of the molecule is C=C(C#CC1=C[C@@H](O[Si](C)(C)C(C)(C)C)[C@@H]2O[C@@H]2C1O)CCC=C(C)C. The fourth-order valence-electron chi connectivity index (χ4n) is 2.69. The van der Waals surface area contributed by atoms with Gasteiger partial charge in [0.2, 0.25) is 0 Å².